The van der Waals surface area contributed by atoms with E-state index in [1.54, 1.807) is 0 Å². The van der Waals surface area contributed by atoms with Gasteiger partial charge in [-0.2, -0.15) is 0 Å². The molecule has 0 aromatic carbocycles. The Kier molecular flexibility index (Phi) is 4.18. The van der Waals surface area contributed by atoms with Crippen LogP contribution < -0.4 is 10.6 Å². The van der Waals surface area contributed by atoms with E-state index < -0.39 is 0 Å². The zero-order valence-electron chi connectivity index (χ0n) is 8.05. The van der Waals surface area contributed by atoms with E-state index in [2.05, 4.69) is 10.6 Å². The van der Waals surface area contributed by atoms with Gasteiger partial charge >= 0.3 is 0 Å². The average Bonchev–Trinajstić information content (AvgIpc) is 2.15. The average molecular weight is 186 g/mol. The minimum absolute atomic E-state index is 0.0759. The van der Waals surface area contributed by atoms with Crippen molar-refractivity contribution >= 4 is 5.91 Å². The predicted molar refractivity (Wildman–Crippen MR) is 50.3 cm³/mol. The summed E-state index contributed by atoms with van der Waals surface area (Å²) in [6, 6.07) is 0. The van der Waals surface area contributed by atoms with Crippen LogP contribution in [0.5, 0.6) is 0 Å². The summed E-state index contributed by atoms with van der Waals surface area (Å²) in [6.07, 6.45) is 1.62. The summed E-state index contributed by atoms with van der Waals surface area (Å²) in [5.74, 6) is 0.265. The lowest BCUT2D eigenvalue weighted by molar-refractivity contribution is -0.119. The van der Waals surface area contributed by atoms with Crippen LogP contribution in [-0.4, -0.2) is 36.8 Å². The van der Waals surface area contributed by atoms with Crippen molar-refractivity contribution in [2.45, 2.75) is 25.9 Å². The molecule has 76 valence electrons. The molecule has 1 saturated heterocycles. The van der Waals surface area contributed by atoms with Gasteiger partial charge < -0.3 is 15.7 Å². The molecular weight excluding hydrogens is 168 g/mol. The number of hydrogen-bond acceptors (Lipinski definition) is 3. The fourth-order valence-electron chi connectivity index (χ4n) is 1.64. The lowest BCUT2D eigenvalue weighted by Crippen LogP contribution is -2.40. The quantitative estimate of drug-likeness (QED) is 0.556. The van der Waals surface area contributed by atoms with Gasteiger partial charge in [0, 0.05) is 13.5 Å². The van der Waals surface area contributed by atoms with Crippen LogP contribution in [0, 0.1) is 5.92 Å². The minimum Gasteiger partial charge on any atom is -0.391 e. The zero-order valence-corrected chi connectivity index (χ0v) is 8.05. The van der Waals surface area contributed by atoms with Gasteiger partial charge in [-0.3, -0.25) is 4.79 Å². The Morgan fingerprint density at radius 3 is 2.77 bits per heavy atom. The van der Waals surface area contributed by atoms with Gasteiger partial charge in [0.15, 0.2) is 0 Å². The molecule has 0 radical (unpaired) electrons. The van der Waals surface area contributed by atoms with E-state index >= 15 is 0 Å². The van der Waals surface area contributed by atoms with Gasteiger partial charge in [-0.15, -0.1) is 0 Å². The zero-order chi connectivity index (χ0) is 9.68. The molecule has 1 aliphatic rings. The molecule has 1 amide bonds. The van der Waals surface area contributed by atoms with Crippen LogP contribution >= 0.6 is 0 Å². The third-order valence-electron chi connectivity index (χ3n) is 2.49. The van der Waals surface area contributed by atoms with Crippen LogP contribution in [0.15, 0.2) is 0 Å². The molecule has 3 N–H and O–H groups in total. The molecule has 1 unspecified atom stereocenters. The SMILES string of the molecule is CC(=O)NCC(O)C1CCNCC1. The standard InChI is InChI=1S/C9H18N2O2/c1-7(12)11-6-9(13)8-2-4-10-5-3-8/h8-10,13H,2-6H2,1H3,(H,11,12). The molecule has 1 fully saturated rings. The molecule has 0 spiro atoms. The normalized spacial score (nSPS) is 21.1. The van der Waals surface area contributed by atoms with Crippen molar-refractivity contribution in [3.05, 3.63) is 0 Å². The molecule has 0 bridgehead atoms. The number of piperidine rings is 1. The second-order valence-corrected chi connectivity index (χ2v) is 3.59. The molecule has 1 atom stereocenters. The number of nitrogens with one attached hydrogen (secondary N) is 2. The molecule has 1 heterocycles. The Morgan fingerprint density at radius 2 is 2.23 bits per heavy atom. The third kappa shape index (κ3) is 3.74. The van der Waals surface area contributed by atoms with Gasteiger partial charge in [0.25, 0.3) is 0 Å². The maximum atomic E-state index is 10.6. The predicted octanol–water partition coefficient (Wildman–Crippen LogP) is -0.517. The van der Waals surface area contributed by atoms with Gasteiger partial charge in [0.05, 0.1) is 6.10 Å². The van der Waals surface area contributed by atoms with Crippen molar-refractivity contribution in [1.82, 2.24) is 10.6 Å². The van der Waals surface area contributed by atoms with Gasteiger partial charge in [-0.1, -0.05) is 0 Å². The summed E-state index contributed by atoms with van der Waals surface area (Å²) < 4.78 is 0. The van der Waals surface area contributed by atoms with Crippen molar-refractivity contribution in [1.29, 1.82) is 0 Å². The van der Waals surface area contributed by atoms with Crippen molar-refractivity contribution < 1.29 is 9.90 Å². The molecule has 13 heavy (non-hydrogen) atoms. The number of carbonyl (C=O) groups excluding carboxylic acids is 1. The highest BCUT2D eigenvalue weighted by atomic mass is 16.3. The van der Waals surface area contributed by atoms with E-state index in [4.69, 9.17) is 0 Å². The molecular formula is C9H18N2O2. The number of amides is 1. The van der Waals surface area contributed by atoms with Crippen LogP contribution in [-0.2, 0) is 4.79 Å². The van der Waals surface area contributed by atoms with Gasteiger partial charge in [0.2, 0.25) is 5.91 Å². The first-order chi connectivity index (χ1) is 6.20. The van der Waals surface area contributed by atoms with Crippen molar-refractivity contribution in [3.63, 3.8) is 0 Å². The van der Waals surface area contributed by atoms with E-state index in [1.807, 2.05) is 0 Å². The van der Waals surface area contributed by atoms with Gasteiger partial charge in [0.1, 0.15) is 0 Å². The highest BCUT2D eigenvalue weighted by molar-refractivity contribution is 5.72. The van der Waals surface area contributed by atoms with Crippen molar-refractivity contribution in [2.75, 3.05) is 19.6 Å². The Labute approximate surface area is 78.7 Å². The summed E-state index contributed by atoms with van der Waals surface area (Å²) >= 11 is 0. The fraction of sp³-hybridized carbons (Fsp3) is 0.889. The molecule has 0 aromatic rings. The number of rotatable bonds is 3. The smallest absolute Gasteiger partial charge is 0.216 e. The van der Waals surface area contributed by atoms with Crippen LogP contribution in [0.25, 0.3) is 0 Å². The Bertz CT molecular complexity index is 167. The first-order valence-corrected chi connectivity index (χ1v) is 4.83. The van der Waals surface area contributed by atoms with Crippen LogP contribution in [0.1, 0.15) is 19.8 Å². The molecule has 1 aliphatic heterocycles. The van der Waals surface area contributed by atoms with Crippen LogP contribution in [0.3, 0.4) is 0 Å². The number of carbonyl (C=O) groups is 1. The van der Waals surface area contributed by atoms with E-state index in [1.165, 1.54) is 6.92 Å². The number of aliphatic hydroxyl groups is 1. The molecule has 0 aromatic heterocycles. The summed E-state index contributed by atoms with van der Waals surface area (Å²) in [5.41, 5.74) is 0. The van der Waals surface area contributed by atoms with Gasteiger partial charge in [-0.25, -0.2) is 0 Å². The largest absolute Gasteiger partial charge is 0.391 e. The van der Waals surface area contributed by atoms with Gasteiger partial charge in [-0.05, 0) is 31.8 Å². The lowest BCUT2D eigenvalue weighted by Gasteiger charge is -2.27. The Morgan fingerprint density at radius 1 is 1.62 bits per heavy atom. The van der Waals surface area contributed by atoms with E-state index in [0.717, 1.165) is 25.9 Å². The molecule has 0 aliphatic carbocycles. The monoisotopic (exact) mass is 186 g/mol. The first kappa shape index (κ1) is 10.5. The third-order valence-corrected chi connectivity index (χ3v) is 2.49. The number of aliphatic hydroxyl groups excluding tert-OH is 1. The van der Waals surface area contributed by atoms with Crippen molar-refractivity contribution in [3.8, 4) is 0 Å². The number of hydrogen-bond donors (Lipinski definition) is 3. The highest BCUT2D eigenvalue weighted by Gasteiger charge is 2.21. The minimum atomic E-state index is -0.383. The second-order valence-electron chi connectivity index (χ2n) is 3.59. The summed E-state index contributed by atoms with van der Waals surface area (Å²) in [5, 5.41) is 15.5. The molecule has 0 saturated carbocycles. The lowest BCUT2D eigenvalue weighted by atomic mass is 9.92. The maximum absolute atomic E-state index is 10.6. The summed E-state index contributed by atoms with van der Waals surface area (Å²) in [6.45, 7) is 3.80. The molecule has 1 rings (SSSR count). The Hall–Kier alpha value is -0.610. The fourth-order valence-corrected chi connectivity index (χ4v) is 1.64. The topological polar surface area (TPSA) is 61.4 Å². The highest BCUT2D eigenvalue weighted by Crippen LogP contribution is 2.15. The van der Waals surface area contributed by atoms with E-state index in [-0.39, 0.29) is 12.0 Å². The molecule has 4 nitrogen and oxygen atoms in total. The van der Waals surface area contributed by atoms with Crippen LogP contribution in [0.2, 0.25) is 0 Å². The van der Waals surface area contributed by atoms with E-state index in [0.29, 0.717) is 12.5 Å². The van der Waals surface area contributed by atoms with Crippen LogP contribution in [0.4, 0.5) is 0 Å². The molecule has 4 heteroatoms. The summed E-state index contributed by atoms with van der Waals surface area (Å²) in [7, 11) is 0. The second kappa shape index (κ2) is 5.19. The van der Waals surface area contributed by atoms with E-state index in [9.17, 15) is 9.90 Å². The summed E-state index contributed by atoms with van der Waals surface area (Å²) in [4.78, 5) is 10.6. The Balaban J connectivity index is 2.20. The first-order valence-electron chi connectivity index (χ1n) is 4.83. The van der Waals surface area contributed by atoms with Crippen molar-refractivity contribution in [2.24, 2.45) is 5.92 Å². The maximum Gasteiger partial charge on any atom is 0.216 e.